The van der Waals surface area contributed by atoms with Crippen LogP contribution in [-0.4, -0.2) is 11.2 Å². The molecule has 1 radical (unpaired) electrons. The first-order chi connectivity index (χ1) is 14.9. The van der Waals surface area contributed by atoms with E-state index in [0.29, 0.717) is 27.6 Å². The van der Waals surface area contributed by atoms with Crippen LogP contribution in [0.4, 0.5) is 0 Å². The Morgan fingerprint density at radius 1 is 0.848 bits per heavy atom. The first kappa shape index (κ1) is 26.4. The van der Waals surface area contributed by atoms with Gasteiger partial charge < -0.3 is 5.11 Å². The Hall–Kier alpha value is 0.284. The molecular formula is C31H52OV. The van der Waals surface area contributed by atoms with Crippen molar-refractivity contribution in [2.75, 3.05) is 0 Å². The van der Waals surface area contributed by atoms with Crippen molar-refractivity contribution in [3.8, 4) is 0 Å². The molecule has 0 amide bonds. The fraction of sp³-hybridized carbons (Fsp3) is 0.935. The van der Waals surface area contributed by atoms with Crippen molar-refractivity contribution in [3.05, 3.63) is 11.6 Å². The van der Waals surface area contributed by atoms with Crippen LogP contribution in [0.1, 0.15) is 120 Å². The SMILES string of the molecule is C/C(=C\CC(C)C1CCC2(C)C3CCC4C(C)(C)C(O)CCC45CC35CCC12C)C(C)C.[V]. The molecule has 2 spiro atoms. The van der Waals surface area contributed by atoms with Crippen molar-refractivity contribution in [3.63, 3.8) is 0 Å². The number of hydrogen-bond donors (Lipinski definition) is 1. The zero-order chi connectivity index (χ0) is 23.3. The van der Waals surface area contributed by atoms with E-state index >= 15 is 0 Å². The molecule has 0 aromatic carbocycles. The summed E-state index contributed by atoms with van der Waals surface area (Å²) in [6.07, 6.45) is 16.3. The molecule has 0 aromatic heterocycles. The van der Waals surface area contributed by atoms with Crippen molar-refractivity contribution in [1.82, 2.24) is 0 Å². The van der Waals surface area contributed by atoms with E-state index in [1.54, 1.807) is 5.57 Å². The topological polar surface area (TPSA) is 20.2 Å². The fourth-order valence-corrected chi connectivity index (χ4v) is 11.1. The molecule has 0 aliphatic heterocycles. The maximum absolute atomic E-state index is 10.9. The predicted octanol–water partition coefficient (Wildman–Crippen LogP) is 8.41. The number of aliphatic hydroxyl groups is 1. The van der Waals surface area contributed by atoms with Crippen LogP contribution in [0.15, 0.2) is 11.6 Å². The molecule has 2 heteroatoms. The molecule has 5 aliphatic carbocycles. The van der Waals surface area contributed by atoms with Gasteiger partial charge in [0.2, 0.25) is 0 Å². The Labute approximate surface area is 217 Å². The van der Waals surface area contributed by atoms with Gasteiger partial charge in [-0.3, -0.25) is 0 Å². The zero-order valence-corrected chi connectivity index (χ0v) is 24.4. The fourth-order valence-electron chi connectivity index (χ4n) is 11.1. The van der Waals surface area contributed by atoms with Crippen LogP contribution in [0.25, 0.3) is 0 Å². The Morgan fingerprint density at radius 3 is 2.15 bits per heavy atom. The third-order valence-corrected chi connectivity index (χ3v) is 13.6. The Balaban J connectivity index is 0.00000259. The molecule has 9 atom stereocenters. The van der Waals surface area contributed by atoms with Gasteiger partial charge in [-0.15, -0.1) is 0 Å². The largest absolute Gasteiger partial charge is 0.393 e. The number of allylic oxidation sites excluding steroid dienone is 2. The van der Waals surface area contributed by atoms with Crippen LogP contribution in [0.2, 0.25) is 0 Å². The second-order valence-corrected chi connectivity index (χ2v) is 14.8. The second kappa shape index (κ2) is 8.14. The summed E-state index contributed by atoms with van der Waals surface area (Å²) < 4.78 is 0. The van der Waals surface area contributed by atoms with Gasteiger partial charge in [0.25, 0.3) is 0 Å². The van der Waals surface area contributed by atoms with Gasteiger partial charge in [-0.05, 0) is 128 Å². The summed E-state index contributed by atoms with van der Waals surface area (Å²) in [5.41, 5.74) is 3.92. The normalized spacial score (nSPS) is 51.0. The first-order valence-corrected chi connectivity index (χ1v) is 14.2. The van der Waals surface area contributed by atoms with Crippen molar-refractivity contribution in [2.24, 2.45) is 56.7 Å². The molecule has 0 heterocycles. The third-order valence-electron chi connectivity index (χ3n) is 13.6. The molecule has 187 valence electrons. The van der Waals surface area contributed by atoms with Gasteiger partial charge in [-0.1, -0.05) is 60.1 Å². The van der Waals surface area contributed by atoms with Crippen LogP contribution < -0.4 is 0 Å². The summed E-state index contributed by atoms with van der Waals surface area (Å²) in [6, 6.07) is 0. The van der Waals surface area contributed by atoms with Crippen molar-refractivity contribution in [1.29, 1.82) is 0 Å². The monoisotopic (exact) mass is 491 g/mol. The van der Waals surface area contributed by atoms with Gasteiger partial charge in [0.05, 0.1) is 6.10 Å². The molecule has 33 heavy (non-hydrogen) atoms. The standard InChI is InChI=1S/C31H52O.V/c1-20(2)21(3)9-10-22(4)23-13-15-29(8)25-12-11-24-27(5,6)26(32)14-16-30(24)19-31(25,30)18-17-28(23,29)7;/h9,20,22-26,32H,10-19H2,1-8H3;/b21-9+;. The van der Waals surface area contributed by atoms with Gasteiger partial charge in [-0.25, -0.2) is 0 Å². The molecule has 0 bridgehead atoms. The molecule has 9 unspecified atom stereocenters. The summed E-state index contributed by atoms with van der Waals surface area (Å²) in [7, 11) is 0. The number of fused-ring (bicyclic) bond motifs is 2. The molecule has 5 saturated carbocycles. The maximum atomic E-state index is 10.9. The summed E-state index contributed by atoms with van der Waals surface area (Å²) in [5, 5.41) is 10.9. The Bertz CT molecular complexity index is 799. The number of aliphatic hydroxyl groups excluding tert-OH is 1. The molecule has 5 rings (SSSR count). The van der Waals surface area contributed by atoms with Crippen LogP contribution in [-0.2, 0) is 18.6 Å². The van der Waals surface area contributed by atoms with Crippen LogP contribution in [0, 0.1) is 56.7 Å². The van der Waals surface area contributed by atoms with E-state index in [-0.39, 0.29) is 30.1 Å². The van der Waals surface area contributed by atoms with E-state index < -0.39 is 0 Å². The van der Waals surface area contributed by atoms with Gasteiger partial charge in [0.1, 0.15) is 0 Å². The molecule has 0 saturated heterocycles. The van der Waals surface area contributed by atoms with Gasteiger partial charge >= 0.3 is 0 Å². The van der Waals surface area contributed by atoms with E-state index in [9.17, 15) is 5.11 Å². The summed E-state index contributed by atoms with van der Waals surface area (Å²) in [4.78, 5) is 0. The molecule has 5 fully saturated rings. The van der Waals surface area contributed by atoms with Crippen LogP contribution in [0.5, 0.6) is 0 Å². The number of hydrogen-bond acceptors (Lipinski definition) is 1. The average molecular weight is 492 g/mol. The van der Waals surface area contributed by atoms with E-state index in [2.05, 4.69) is 61.5 Å². The minimum absolute atomic E-state index is 0. The Kier molecular flexibility index (Phi) is 6.50. The first-order valence-electron chi connectivity index (χ1n) is 14.2. The third kappa shape index (κ3) is 3.26. The Morgan fingerprint density at radius 2 is 1.48 bits per heavy atom. The zero-order valence-electron chi connectivity index (χ0n) is 23.0. The second-order valence-electron chi connectivity index (χ2n) is 14.8. The van der Waals surface area contributed by atoms with Gasteiger partial charge in [0, 0.05) is 18.6 Å². The summed E-state index contributed by atoms with van der Waals surface area (Å²) >= 11 is 0. The summed E-state index contributed by atoms with van der Waals surface area (Å²) in [6.45, 7) is 19.8. The van der Waals surface area contributed by atoms with Gasteiger partial charge in [-0.2, -0.15) is 0 Å². The van der Waals surface area contributed by atoms with Crippen molar-refractivity contribution in [2.45, 2.75) is 126 Å². The average Bonchev–Trinajstić information content (AvgIpc) is 3.31. The van der Waals surface area contributed by atoms with Crippen LogP contribution >= 0.6 is 0 Å². The van der Waals surface area contributed by atoms with Crippen molar-refractivity contribution >= 4 is 0 Å². The quantitative estimate of drug-likeness (QED) is 0.391. The maximum Gasteiger partial charge on any atom is 0.0594 e. The molecule has 5 aliphatic rings. The minimum atomic E-state index is -0.0872. The molecule has 0 aromatic rings. The van der Waals surface area contributed by atoms with E-state index in [1.165, 1.54) is 57.8 Å². The minimum Gasteiger partial charge on any atom is -0.393 e. The molecule has 1 N–H and O–H groups in total. The van der Waals surface area contributed by atoms with E-state index in [1.807, 2.05) is 0 Å². The molecular weight excluding hydrogens is 439 g/mol. The number of rotatable bonds is 4. The van der Waals surface area contributed by atoms with Gasteiger partial charge in [0.15, 0.2) is 0 Å². The summed E-state index contributed by atoms with van der Waals surface area (Å²) in [5.74, 6) is 4.06. The predicted molar refractivity (Wildman–Crippen MR) is 135 cm³/mol. The van der Waals surface area contributed by atoms with E-state index in [4.69, 9.17) is 0 Å². The van der Waals surface area contributed by atoms with Crippen LogP contribution in [0.3, 0.4) is 0 Å². The molecule has 1 nitrogen and oxygen atoms in total. The van der Waals surface area contributed by atoms with Crippen molar-refractivity contribution < 1.29 is 23.7 Å². The van der Waals surface area contributed by atoms with E-state index in [0.717, 1.165) is 30.1 Å². The smallest absolute Gasteiger partial charge is 0.0594 e.